The van der Waals surface area contributed by atoms with Crippen molar-refractivity contribution in [3.63, 3.8) is 0 Å². The molecule has 0 spiro atoms. The summed E-state index contributed by atoms with van der Waals surface area (Å²) in [6.45, 7) is 1.81. The molecule has 0 aliphatic rings. The van der Waals surface area contributed by atoms with E-state index in [9.17, 15) is 14.9 Å². The van der Waals surface area contributed by atoms with E-state index in [4.69, 9.17) is 9.47 Å². The molecule has 0 saturated carbocycles. The van der Waals surface area contributed by atoms with Gasteiger partial charge in [-0.15, -0.1) is 0 Å². The van der Waals surface area contributed by atoms with E-state index in [1.54, 1.807) is 20.0 Å². The topological polar surface area (TPSA) is 90.7 Å². The molecule has 21 heavy (non-hydrogen) atoms. The predicted molar refractivity (Wildman–Crippen MR) is 80.4 cm³/mol. The summed E-state index contributed by atoms with van der Waals surface area (Å²) in [6.07, 6.45) is 0.309. The van der Waals surface area contributed by atoms with Gasteiger partial charge in [-0.1, -0.05) is 15.9 Å². The van der Waals surface area contributed by atoms with Crippen molar-refractivity contribution in [3.8, 4) is 5.75 Å². The molecule has 0 heterocycles. The van der Waals surface area contributed by atoms with Crippen LogP contribution in [0, 0.1) is 10.1 Å². The molecule has 116 valence electrons. The van der Waals surface area contributed by atoms with E-state index < -0.39 is 16.4 Å². The van der Waals surface area contributed by atoms with Crippen LogP contribution >= 0.6 is 15.9 Å². The molecule has 0 aliphatic carbocycles. The minimum atomic E-state index is -0.904. The molecule has 0 amide bonds. The van der Waals surface area contributed by atoms with E-state index in [-0.39, 0.29) is 18.0 Å². The number of nitro groups is 1. The fraction of sp³-hybridized carbons (Fsp3) is 0.462. The quantitative estimate of drug-likeness (QED) is 0.455. The van der Waals surface area contributed by atoms with E-state index in [1.807, 2.05) is 0 Å². The number of hydrogen-bond acceptors (Lipinski definition) is 6. The summed E-state index contributed by atoms with van der Waals surface area (Å²) >= 11 is 3.17. The lowest BCUT2D eigenvalue weighted by Gasteiger charge is -2.25. The van der Waals surface area contributed by atoms with Crippen molar-refractivity contribution >= 4 is 27.6 Å². The number of carbonyl (C=O) groups is 1. The zero-order chi connectivity index (χ0) is 16.0. The Kier molecular flexibility index (Phi) is 6.10. The van der Waals surface area contributed by atoms with Crippen molar-refractivity contribution in [1.82, 2.24) is 5.32 Å². The van der Waals surface area contributed by atoms with Crippen molar-refractivity contribution in [3.05, 3.63) is 32.8 Å². The summed E-state index contributed by atoms with van der Waals surface area (Å²) in [6, 6.07) is 4.53. The van der Waals surface area contributed by atoms with Crippen molar-refractivity contribution in [2.75, 3.05) is 20.8 Å². The Morgan fingerprint density at radius 3 is 2.71 bits per heavy atom. The molecule has 1 aromatic carbocycles. The summed E-state index contributed by atoms with van der Waals surface area (Å²) in [5.74, 6) is -0.259. The lowest BCUT2D eigenvalue weighted by Crippen LogP contribution is -2.49. The normalized spacial score (nSPS) is 13.3. The Morgan fingerprint density at radius 2 is 2.19 bits per heavy atom. The number of nitrogens with one attached hydrogen (secondary N) is 1. The van der Waals surface area contributed by atoms with E-state index in [2.05, 4.69) is 21.2 Å². The highest BCUT2D eigenvalue weighted by molar-refractivity contribution is 9.10. The maximum absolute atomic E-state index is 11.7. The number of halogens is 1. The summed E-state index contributed by atoms with van der Waals surface area (Å²) in [7, 11) is 2.94. The van der Waals surface area contributed by atoms with Gasteiger partial charge in [-0.05, 0) is 26.1 Å². The van der Waals surface area contributed by atoms with Gasteiger partial charge in [-0.25, -0.2) is 0 Å². The van der Waals surface area contributed by atoms with Gasteiger partial charge in [-0.3, -0.25) is 14.9 Å². The van der Waals surface area contributed by atoms with E-state index >= 15 is 0 Å². The maximum atomic E-state index is 11.7. The van der Waals surface area contributed by atoms with Crippen LogP contribution in [0.25, 0.3) is 0 Å². The molecule has 1 N–H and O–H groups in total. The Balaban J connectivity index is 2.76. The third-order valence-electron chi connectivity index (χ3n) is 3.17. The average Bonchev–Trinajstić information content (AvgIpc) is 2.47. The third-order valence-corrected chi connectivity index (χ3v) is 3.66. The van der Waals surface area contributed by atoms with Crippen LogP contribution in [0.1, 0.15) is 13.3 Å². The predicted octanol–water partition coefficient (Wildman–Crippen LogP) is 2.28. The van der Waals surface area contributed by atoms with Gasteiger partial charge in [0.05, 0.1) is 18.6 Å². The van der Waals surface area contributed by atoms with Crippen molar-refractivity contribution in [2.24, 2.45) is 0 Å². The van der Waals surface area contributed by atoms with Gasteiger partial charge in [-0.2, -0.15) is 0 Å². The van der Waals surface area contributed by atoms with E-state index in [0.29, 0.717) is 10.9 Å². The second-order valence-electron chi connectivity index (χ2n) is 4.54. The summed E-state index contributed by atoms with van der Waals surface area (Å²) in [5.41, 5.74) is -1.03. The molecule has 0 bridgehead atoms. The molecule has 0 radical (unpaired) electrons. The third kappa shape index (κ3) is 4.40. The second kappa shape index (κ2) is 7.37. The van der Waals surface area contributed by atoms with Crippen LogP contribution < -0.4 is 10.1 Å². The SMILES string of the molecule is CNC(C)(CCOc1ccc(Br)cc1[N+](=O)[O-])C(=O)OC. The van der Waals surface area contributed by atoms with Crippen LogP contribution in [0.4, 0.5) is 5.69 Å². The van der Waals surface area contributed by atoms with Gasteiger partial charge < -0.3 is 14.8 Å². The standard InChI is InChI=1S/C13H17BrN2O5/c1-13(15-2,12(17)20-3)6-7-21-11-5-4-9(14)8-10(11)16(18)19/h4-5,8,15H,6-7H2,1-3H3. The summed E-state index contributed by atoms with van der Waals surface area (Å²) in [4.78, 5) is 22.1. The highest BCUT2D eigenvalue weighted by Crippen LogP contribution is 2.30. The van der Waals surface area contributed by atoms with Crippen LogP contribution in [0.5, 0.6) is 5.75 Å². The molecule has 7 nitrogen and oxygen atoms in total. The Bertz CT molecular complexity index is 537. The first-order valence-electron chi connectivity index (χ1n) is 6.18. The lowest BCUT2D eigenvalue weighted by molar-refractivity contribution is -0.385. The van der Waals surface area contributed by atoms with E-state index in [1.165, 1.54) is 19.2 Å². The lowest BCUT2D eigenvalue weighted by atomic mass is 9.99. The number of rotatable bonds is 7. The average molecular weight is 361 g/mol. The number of nitrogens with zero attached hydrogens (tertiary/aromatic N) is 1. The minimum absolute atomic E-state index is 0.131. The Labute approximate surface area is 130 Å². The zero-order valence-electron chi connectivity index (χ0n) is 12.0. The van der Waals surface area contributed by atoms with Crippen molar-refractivity contribution in [1.29, 1.82) is 0 Å². The zero-order valence-corrected chi connectivity index (χ0v) is 13.6. The van der Waals surface area contributed by atoms with Gasteiger partial charge >= 0.3 is 11.7 Å². The fourth-order valence-electron chi connectivity index (χ4n) is 1.67. The van der Waals surface area contributed by atoms with Gasteiger partial charge in [0, 0.05) is 17.0 Å². The number of ether oxygens (including phenoxy) is 2. The van der Waals surface area contributed by atoms with Crippen LogP contribution in [0.15, 0.2) is 22.7 Å². The molecule has 1 atom stereocenters. The van der Waals surface area contributed by atoms with Gasteiger partial charge in [0.2, 0.25) is 0 Å². The smallest absolute Gasteiger partial charge is 0.325 e. The number of likely N-dealkylation sites (N-methyl/N-ethyl adjacent to an activating group) is 1. The van der Waals surface area contributed by atoms with Crippen LogP contribution in [0.2, 0.25) is 0 Å². The molecule has 0 saturated heterocycles. The molecule has 1 unspecified atom stereocenters. The molecule has 8 heteroatoms. The molecule has 0 aliphatic heterocycles. The molecular formula is C13H17BrN2O5. The van der Waals surface area contributed by atoms with Gasteiger partial charge in [0.25, 0.3) is 0 Å². The highest BCUT2D eigenvalue weighted by atomic mass is 79.9. The first-order valence-corrected chi connectivity index (χ1v) is 6.97. The number of esters is 1. The number of methoxy groups -OCH3 is 1. The summed E-state index contributed by atoms with van der Waals surface area (Å²) < 4.78 is 10.7. The van der Waals surface area contributed by atoms with Crippen LogP contribution in [-0.2, 0) is 9.53 Å². The fourth-order valence-corrected chi connectivity index (χ4v) is 2.02. The molecular weight excluding hydrogens is 344 g/mol. The number of hydrogen-bond donors (Lipinski definition) is 1. The monoisotopic (exact) mass is 360 g/mol. The molecule has 1 aromatic rings. The molecule has 0 aromatic heterocycles. The van der Waals surface area contributed by atoms with Crippen LogP contribution in [0.3, 0.4) is 0 Å². The second-order valence-corrected chi connectivity index (χ2v) is 5.46. The maximum Gasteiger partial charge on any atom is 0.325 e. The largest absolute Gasteiger partial charge is 0.487 e. The molecule has 1 rings (SSSR count). The first-order chi connectivity index (χ1) is 9.84. The van der Waals surface area contributed by atoms with Gasteiger partial charge in [0.15, 0.2) is 5.75 Å². The van der Waals surface area contributed by atoms with Crippen molar-refractivity contribution in [2.45, 2.75) is 18.9 Å². The summed E-state index contributed by atoms with van der Waals surface area (Å²) in [5, 5.41) is 13.8. The number of nitro benzene ring substituents is 1. The Morgan fingerprint density at radius 1 is 1.52 bits per heavy atom. The molecule has 0 fully saturated rings. The highest BCUT2D eigenvalue weighted by Gasteiger charge is 2.32. The van der Waals surface area contributed by atoms with Gasteiger partial charge in [0.1, 0.15) is 5.54 Å². The van der Waals surface area contributed by atoms with Crippen LogP contribution in [-0.4, -0.2) is 37.2 Å². The first kappa shape index (κ1) is 17.4. The number of carbonyl (C=O) groups excluding carboxylic acids is 1. The number of benzene rings is 1. The van der Waals surface area contributed by atoms with Crippen molar-refractivity contribution < 1.29 is 19.2 Å². The van der Waals surface area contributed by atoms with E-state index in [0.717, 1.165) is 0 Å². The minimum Gasteiger partial charge on any atom is -0.487 e. The Hall–Kier alpha value is -1.67.